The zero-order valence-corrected chi connectivity index (χ0v) is 21.7. The van der Waals surface area contributed by atoms with Gasteiger partial charge in [0.25, 0.3) is 0 Å². The average molecular weight is 508 g/mol. The minimum atomic E-state index is -0.119. The number of halogens is 1. The molecule has 0 radical (unpaired) electrons. The van der Waals surface area contributed by atoms with Crippen LogP contribution in [0.5, 0.6) is 5.88 Å². The molecule has 5 heterocycles. The molecule has 0 spiro atoms. The highest BCUT2D eigenvalue weighted by Crippen LogP contribution is 2.35. The molecule has 2 N–H and O–H groups in total. The van der Waals surface area contributed by atoms with E-state index >= 15 is 0 Å². The van der Waals surface area contributed by atoms with Crippen molar-refractivity contribution in [1.82, 2.24) is 24.9 Å². The summed E-state index contributed by atoms with van der Waals surface area (Å²) in [5.74, 6) is 1.82. The van der Waals surface area contributed by atoms with Crippen LogP contribution in [0, 0.1) is 13.8 Å². The lowest BCUT2D eigenvalue weighted by atomic mass is 10.0. The summed E-state index contributed by atoms with van der Waals surface area (Å²) >= 11 is 6.52. The number of nitrogens with one attached hydrogen (secondary N) is 2. The SMILES string of the molecule is CCC(Nc1nc(C)nc(C)c1Cl)c1cc(-c2cnc3[nH]cc(N4CCOCC4)c3c2)cnc1OC. The number of nitrogens with zero attached hydrogens (tertiary/aromatic N) is 5. The van der Waals surface area contributed by atoms with Crippen LogP contribution in [0.2, 0.25) is 5.02 Å². The van der Waals surface area contributed by atoms with Crippen molar-refractivity contribution in [2.75, 3.05) is 43.6 Å². The number of morpholine rings is 1. The van der Waals surface area contributed by atoms with E-state index in [4.69, 9.17) is 21.1 Å². The monoisotopic (exact) mass is 507 g/mol. The molecule has 5 rings (SSSR count). The quantitative estimate of drug-likeness (QED) is 0.356. The van der Waals surface area contributed by atoms with E-state index in [1.54, 1.807) is 7.11 Å². The first-order valence-corrected chi connectivity index (χ1v) is 12.5. The first-order valence-electron chi connectivity index (χ1n) is 12.1. The Labute approximate surface area is 215 Å². The van der Waals surface area contributed by atoms with Gasteiger partial charge in [0.05, 0.1) is 37.7 Å². The number of hydrogen-bond donors (Lipinski definition) is 2. The highest BCUT2D eigenvalue weighted by Gasteiger charge is 2.21. The fraction of sp³-hybridized carbons (Fsp3) is 0.385. The third kappa shape index (κ3) is 4.68. The van der Waals surface area contributed by atoms with Gasteiger partial charge in [0.2, 0.25) is 5.88 Å². The Bertz CT molecular complexity index is 1380. The van der Waals surface area contributed by atoms with Crippen molar-refractivity contribution in [2.45, 2.75) is 33.2 Å². The first kappa shape index (κ1) is 24.3. The largest absolute Gasteiger partial charge is 0.481 e. The maximum Gasteiger partial charge on any atom is 0.218 e. The van der Waals surface area contributed by atoms with E-state index in [-0.39, 0.29) is 6.04 Å². The predicted molar refractivity (Wildman–Crippen MR) is 142 cm³/mol. The van der Waals surface area contributed by atoms with Crippen molar-refractivity contribution in [1.29, 1.82) is 0 Å². The van der Waals surface area contributed by atoms with Crippen LogP contribution in [0.1, 0.15) is 36.5 Å². The standard InChI is InChI=1S/C26H30ClN7O2/c1-5-21(33-25-23(27)15(2)31-16(3)32-25)19-10-17(13-30-26(19)35-4)18-11-20-22(14-29-24(20)28-12-18)34-6-8-36-9-7-34/h10-14,21H,5-9H2,1-4H3,(H,28,29)(H,31,32,33). The zero-order chi connectivity index (χ0) is 25.2. The first-order chi connectivity index (χ1) is 17.5. The molecular weight excluding hydrogens is 478 g/mol. The fourth-order valence-corrected chi connectivity index (χ4v) is 4.76. The molecule has 0 saturated carbocycles. The Kier molecular flexibility index (Phi) is 6.93. The molecule has 188 valence electrons. The lowest BCUT2D eigenvalue weighted by molar-refractivity contribution is 0.123. The number of anilines is 2. The molecule has 10 heteroatoms. The Morgan fingerprint density at radius 3 is 2.64 bits per heavy atom. The number of methoxy groups -OCH3 is 1. The van der Waals surface area contributed by atoms with Crippen molar-refractivity contribution in [3.63, 3.8) is 0 Å². The Hall–Kier alpha value is -3.43. The molecule has 36 heavy (non-hydrogen) atoms. The van der Waals surface area contributed by atoms with E-state index < -0.39 is 0 Å². The van der Waals surface area contributed by atoms with Gasteiger partial charge < -0.3 is 24.7 Å². The number of aromatic amines is 1. The maximum atomic E-state index is 6.52. The Balaban J connectivity index is 1.52. The average Bonchev–Trinajstić information content (AvgIpc) is 3.33. The summed E-state index contributed by atoms with van der Waals surface area (Å²) in [5, 5.41) is 5.08. The summed E-state index contributed by atoms with van der Waals surface area (Å²) in [6.07, 6.45) is 6.50. The van der Waals surface area contributed by atoms with Gasteiger partial charge in [-0.25, -0.2) is 19.9 Å². The van der Waals surface area contributed by atoms with Gasteiger partial charge in [0.1, 0.15) is 22.3 Å². The van der Waals surface area contributed by atoms with Crippen molar-refractivity contribution in [3.8, 4) is 17.0 Å². The number of ether oxygens (including phenoxy) is 2. The third-order valence-corrected chi connectivity index (χ3v) is 6.94. The summed E-state index contributed by atoms with van der Waals surface area (Å²) in [4.78, 5) is 23.8. The van der Waals surface area contributed by atoms with E-state index in [2.05, 4.69) is 54.2 Å². The Morgan fingerprint density at radius 2 is 1.89 bits per heavy atom. The van der Waals surface area contributed by atoms with Crippen molar-refractivity contribution in [3.05, 3.63) is 52.8 Å². The van der Waals surface area contributed by atoms with E-state index in [9.17, 15) is 0 Å². The minimum Gasteiger partial charge on any atom is -0.481 e. The molecule has 0 bridgehead atoms. The molecule has 0 aliphatic carbocycles. The van der Waals surface area contributed by atoms with Gasteiger partial charge in [0, 0.05) is 53.8 Å². The van der Waals surface area contributed by atoms with Gasteiger partial charge in [-0.05, 0) is 32.4 Å². The van der Waals surface area contributed by atoms with Crippen molar-refractivity contribution < 1.29 is 9.47 Å². The van der Waals surface area contributed by atoms with E-state index in [0.717, 1.165) is 71.8 Å². The lowest BCUT2D eigenvalue weighted by Gasteiger charge is -2.28. The molecule has 1 aliphatic heterocycles. The molecular formula is C26H30ClN7O2. The van der Waals surface area contributed by atoms with Crippen LogP contribution in [-0.2, 0) is 4.74 Å². The highest BCUT2D eigenvalue weighted by atomic mass is 35.5. The van der Waals surface area contributed by atoms with Gasteiger partial charge in [-0.1, -0.05) is 18.5 Å². The van der Waals surface area contributed by atoms with Gasteiger partial charge >= 0.3 is 0 Å². The molecule has 1 aliphatic rings. The van der Waals surface area contributed by atoms with Crippen molar-refractivity contribution in [2.24, 2.45) is 0 Å². The number of rotatable bonds is 7. The number of aryl methyl sites for hydroxylation is 2. The van der Waals surface area contributed by atoms with E-state index in [0.29, 0.717) is 22.5 Å². The number of H-pyrrole nitrogens is 1. The van der Waals surface area contributed by atoms with Crippen molar-refractivity contribution >= 4 is 34.1 Å². The molecule has 4 aromatic heterocycles. The van der Waals surface area contributed by atoms with Crippen LogP contribution >= 0.6 is 11.6 Å². The van der Waals surface area contributed by atoms with Gasteiger partial charge in [-0.3, -0.25) is 0 Å². The summed E-state index contributed by atoms with van der Waals surface area (Å²) in [5.41, 5.74) is 5.60. The Morgan fingerprint density at radius 1 is 1.14 bits per heavy atom. The third-order valence-electron chi connectivity index (χ3n) is 6.49. The highest BCUT2D eigenvalue weighted by molar-refractivity contribution is 6.33. The molecule has 1 saturated heterocycles. The fourth-order valence-electron chi connectivity index (χ4n) is 4.62. The van der Waals surface area contributed by atoms with Crippen LogP contribution < -0.4 is 15.0 Å². The van der Waals surface area contributed by atoms with Crippen LogP contribution in [0.25, 0.3) is 22.2 Å². The molecule has 1 atom stereocenters. The second kappa shape index (κ2) is 10.3. The second-order valence-corrected chi connectivity index (χ2v) is 9.22. The van der Waals surface area contributed by atoms with Gasteiger partial charge in [-0.15, -0.1) is 0 Å². The number of fused-ring (bicyclic) bond motifs is 1. The lowest BCUT2D eigenvalue weighted by Crippen LogP contribution is -2.36. The maximum absolute atomic E-state index is 6.52. The number of aromatic nitrogens is 5. The second-order valence-electron chi connectivity index (χ2n) is 8.84. The molecule has 4 aromatic rings. The number of hydrogen-bond acceptors (Lipinski definition) is 8. The molecule has 1 unspecified atom stereocenters. The summed E-state index contributed by atoms with van der Waals surface area (Å²) in [6.45, 7) is 9.01. The van der Waals surface area contributed by atoms with Gasteiger partial charge in [-0.2, -0.15) is 0 Å². The minimum absolute atomic E-state index is 0.119. The van der Waals surface area contributed by atoms with Crippen LogP contribution in [0.3, 0.4) is 0 Å². The molecule has 0 aromatic carbocycles. The predicted octanol–water partition coefficient (Wildman–Crippen LogP) is 5.09. The summed E-state index contributed by atoms with van der Waals surface area (Å²) < 4.78 is 11.2. The van der Waals surface area contributed by atoms with Gasteiger partial charge in [0.15, 0.2) is 0 Å². The number of pyridine rings is 2. The molecule has 0 amide bonds. The normalized spacial score (nSPS) is 14.8. The van der Waals surface area contributed by atoms with Crippen LogP contribution in [0.4, 0.5) is 11.5 Å². The summed E-state index contributed by atoms with van der Waals surface area (Å²) in [6, 6.07) is 4.15. The zero-order valence-electron chi connectivity index (χ0n) is 20.9. The smallest absolute Gasteiger partial charge is 0.218 e. The van der Waals surface area contributed by atoms with Crippen LogP contribution in [-0.4, -0.2) is 58.3 Å². The van der Waals surface area contributed by atoms with E-state index in [1.807, 2.05) is 32.4 Å². The van der Waals surface area contributed by atoms with E-state index in [1.165, 1.54) is 0 Å². The summed E-state index contributed by atoms with van der Waals surface area (Å²) in [7, 11) is 1.63. The van der Waals surface area contributed by atoms with Crippen LogP contribution in [0.15, 0.2) is 30.7 Å². The molecule has 9 nitrogen and oxygen atoms in total. The molecule has 1 fully saturated rings. The topological polar surface area (TPSA) is 101 Å².